The molecule has 1 aromatic carbocycles. The standard InChI is InChI=1S/C15H14ClFN2O2S/c16-12-2-1-11(8-13(12)17)15(21)19-14-7-10(3-4-18-14)9-22-6-5-20/h1-4,7-8,20H,5-6,9H2,(H,18,19,21). The van der Waals surface area contributed by atoms with Crippen molar-refractivity contribution in [3.05, 3.63) is 58.5 Å². The maximum absolute atomic E-state index is 13.4. The third kappa shape index (κ3) is 4.69. The maximum Gasteiger partial charge on any atom is 0.256 e. The molecule has 0 saturated carbocycles. The van der Waals surface area contributed by atoms with Crippen molar-refractivity contribution in [3.63, 3.8) is 0 Å². The van der Waals surface area contributed by atoms with Crippen LogP contribution in [0.2, 0.25) is 5.02 Å². The minimum atomic E-state index is -0.642. The number of hydrogen-bond donors (Lipinski definition) is 2. The molecule has 22 heavy (non-hydrogen) atoms. The molecule has 7 heteroatoms. The summed E-state index contributed by atoms with van der Waals surface area (Å²) in [4.78, 5) is 16.1. The lowest BCUT2D eigenvalue weighted by atomic mass is 10.2. The smallest absolute Gasteiger partial charge is 0.256 e. The van der Waals surface area contributed by atoms with E-state index in [2.05, 4.69) is 10.3 Å². The molecule has 4 nitrogen and oxygen atoms in total. The van der Waals surface area contributed by atoms with E-state index in [0.717, 1.165) is 11.6 Å². The Morgan fingerprint density at radius 3 is 2.91 bits per heavy atom. The van der Waals surface area contributed by atoms with Gasteiger partial charge in [-0.25, -0.2) is 9.37 Å². The number of aromatic nitrogens is 1. The number of amides is 1. The van der Waals surface area contributed by atoms with Gasteiger partial charge in [-0.1, -0.05) is 11.6 Å². The monoisotopic (exact) mass is 340 g/mol. The van der Waals surface area contributed by atoms with Gasteiger partial charge in [0.2, 0.25) is 0 Å². The van der Waals surface area contributed by atoms with Crippen LogP contribution in [-0.4, -0.2) is 28.4 Å². The van der Waals surface area contributed by atoms with Crippen molar-refractivity contribution in [1.29, 1.82) is 0 Å². The van der Waals surface area contributed by atoms with Gasteiger partial charge in [0.05, 0.1) is 11.6 Å². The summed E-state index contributed by atoms with van der Waals surface area (Å²) in [5.41, 5.74) is 1.15. The molecular formula is C15H14ClFN2O2S. The number of aliphatic hydroxyl groups is 1. The van der Waals surface area contributed by atoms with Crippen LogP contribution in [-0.2, 0) is 5.75 Å². The molecule has 0 bridgehead atoms. The summed E-state index contributed by atoms with van der Waals surface area (Å²) in [6, 6.07) is 7.44. The van der Waals surface area contributed by atoms with Crippen LogP contribution in [0, 0.1) is 5.82 Å². The third-order valence-electron chi connectivity index (χ3n) is 2.75. The fraction of sp³-hybridized carbons (Fsp3) is 0.200. The van der Waals surface area contributed by atoms with Crippen LogP contribution in [0.25, 0.3) is 0 Å². The van der Waals surface area contributed by atoms with Crippen molar-refractivity contribution in [2.24, 2.45) is 0 Å². The first-order chi connectivity index (χ1) is 10.6. The predicted octanol–water partition coefficient (Wildman–Crippen LogP) is 3.35. The average Bonchev–Trinajstić information content (AvgIpc) is 2.50. The molecular weight excluding hydrogens is 327 g/mol. The van der Waals surface area contributed by atoms with Crippen LogP contribution in [0.4, 0.5) is 10.2 Å². The quantitative estimate of drug-likeness (QED) is 0.792. The SMILES string of the molecule is O=C(Nc1cc(CSCCO)ccn1)c1ccc(Cl)c(F)c1. The van der Waals surface area contributed by atoms with Crippen LogP contribution in [0.5, 0.6) is 0 Å². The molecule has 2 N–H and O–H groups in total. The molecule has 0 aliphatic rings. The summed E-state index contributed by atoms with van der Waals surface area (Å²) in [6.45, 7) is 0.126. The van der Waals surface area contributed by atoms with Crippen LogP contribution < -0.4 is 5.32 Å². The van der Waals surface area contributed by atoms with E-state index >= 15 is 0 Å². The van der Waals surface area contributed by atoms with E-state index in [4.69, 9.17) is 16.7 Å². The predicted molar refractivity (Wildman–Crippen MR) is 86.8 cm³/mol. The van der Waals surface area contributed by atoms with Gasteiger partial charge in [0.1, 0.15) is 11.6 Å². The maximum atomic E-state index is 13.4. The first kappa shape index (κ1) is 16.7. The largest absolute Gasteiger partial charge is 0.396 e. The van der Waals surface area contributed by atoms with Crippen molar-refractivity contribution in [2.75, 3.05) is 17.7 Å². The fourth-order valence-electron chi connectivity index (χ4n) is 1.71. The first-order valence-corrected chi connectivity index (χ1v) is 8.03. The highest BCUT2D eigenvalue weighted by Crippen LogP contribution is 2.18. The number of carbonyl (C=O) groups is 1. The Labute approximate surface area is 136 Å². The number of anilines is 1. The number of hydrogen-bond acceptors (Lipinski definition) is 4. The fourth-order valence-corrected chi connectivity index (χ4v) is 2.52. The molecule has 0 spiro atoms. The Kier molecular flexibility index (Phi) is 6.18. The molecule has 0 aliphatic carbocycles. The lowest BCUT2D eigenvalue weighted by molar-refractivity contribution is 0.102. The highest BCUT2D eigenvalue weighted by molar-refractivity contribution is 7.98. The molecule has 0 saturated heterocycles. The minimum absolute atomic E-state index is 0.0300. The van der Waals surface area contributed by atoms with Gasteiger partial charge in [-0.15, -0.1) is 0 Å². The van der Waals surface area contributed by atoms with Crippen molar-refractivity contribution in [3.8, 4) is 0 Å². The molecule has 0 fully saturated rings. The molecule has 116 valence electrons. The number of carbonyl (C=O) groups excluding carboxylic acids is 1. The molecule has 0 radical (unpaired) electrons. The second kappa shape index (κ2) is 8.12. The zero-order valence-electron chi connectivity index (χ0n) is 11.6. The van der Waals surface area contributed by atoms with Gasteiger partial charge in [-0.05, 0) is 35.9 Å². The van der Waals surface area contributed by atoms with Gasteiger partial charge in [0.25, 0.3) is 5.91 Å². The van der Waals surface area contributed by atoms with Crippen LogP contribution >= 0.6 is 23.4 Å². The summed E-state index contributed by atoms with van der Waals surface area (Å²) >= 11 is 7.17. The number of pyridine rings is 1. The number of nitrogens with one attached hydrogen (secondary N) is 1. The Balaban J connectivity index is 2.04. The van der Waals surface area contributed by atoms with E-state index in [-0.39, 0.29) is 17.2 Å². The lowest BCUT2D eigenvalue weighted by Crippen LogP contribution is -2.13. The van der Waals surface area contributed by atoms with E-state index in [1.54, 1.807) is 24.0 Å². The minimum Gasteiger partial charge on any atom is -0.396 e. The Morgan fingerprint density at radius 2 is 2.18 bits per heavy atom. The van der Waals surface area contributed by atoms with Crippen molar-refractivity contribution >= 4 is 35.1 Å². The number of nitrogens with zero attached hydrogens (tertiary/aromatic N) is 1. The topological polar surface area (TPSA) is 62.2 Å². The van der Waals surface area contributed by atoms with Crippen molar-refractivity contribution in [1.82, 2.24) is 4.98 Å². The summed E-state index contributed by atoms with van der Waals surface area (Å²) in [6.07, 6.45) is 1.59. The molecule has 2 aromatic rings. The van der Waals surface area contributed by atoms with Gasteiger partial charge < -0.3 is 10.4 Å². The molecule has 1 aromatic heterocycles. The Bertz CT molecular complexity index is 670. The second-order valence-electron chi connectivity index (χ2n) is 4.41. The van der Waals surface area contributed by atoms with Gasteiger partial charge >= 0.3 is 0 Å². The average molecular weight is 341 g/mol. The highest BCUT2D eigenvalue weighted by atomic mass is 35.5. The van der Waals surface area contributed by atoms with E-state index in [1.807, 2.05) is 6.07 Å². The molecule has 2 rings (SSSR count). The zero-order chi connectivity index (χ0) is 15.9. The Hall–Kier alpha value is -1.63. The number of thioether (sulfide) groups is 1. The van der Waals surface area contributed by atoms with Crippen molar-refractivity contribution in [2.45, 2.75) is 5.75 Å². The number of aliphatic hydroxyl groups excluding tert-OH is 1. The summed E-state index contributed by atoms with van der Waals surface area (Å²) in [7, 11) is 0. The first-order valence-electron chi connectivity index (χ1n) is 6.50. The molecule has 1 amide bonds. The van der Waals surface area contributed by atoms with Crippen molar-refractivity contribution < 1.29 is 14.3 Å². The van der Waals surface area contributed by atoms with Gasteiger partial charge in [0, 0.05) is 23.3 Å². The van der Waals surface area contributed by atoms with E-state index in [1.165, 1.54) is 12.1 Å². The van der Waals surface area contributed by atoms with Crippen LogP contribution in [0.3, 0.4) is 0 Å². The van der Waals surface area contributed by atoms with E-state index in [0.29, 0.717) is 17.3 Å². The zero-order valence-corrected chi connectivity index (χ0v) is 13.1. The van der Waals surface area contributed by atoms with Gasteiger partial charge in [0.15, 0.2) is 0 Å². The van der Waals surface area contributed by atoms with Gasteiger partial charge in [-0.3, -0.25) is 4.79 Å². The molecule has 1 heterocycles. The molecule has 0 atom stereocenters. The summed E-state index contributed by atoms with van der Waals surface area (Å²) in [5, 5.41) is 11.3. The number of halogens is 2. The highest BCUT2D eigenvalue weighted by Gasteiger charge is 2.10. The Morgan fingerprint density at radius 1 is 1.36 bits per heavy atom. The van der Waals surface area contributed by atoms with E-state index < -0.39 is 11.7 Å². The van der Waals surface area contributed by atoms with E-state index in [9.17, 15) is 9.18 Å². The molecule has 0 aliphatic heterocycles. The number of rotatable bonds is 6. The second-order valence-corrected chi connectivity index (χ2v) is 5.92. The van der Waals surface area contributed by atoms with Crippen LogP contribution in [0.1, 0.15) is 15.9 Å². The summed E-state index contributed by atoms with van der Waals surface area (Å²) < 4.78 is 13.4. The van der Waals surface area contributed by atoms with Gasteiger partial charge in [-0.2, -0.15) is 11.8 Å². The number of benzene rings is 1. The summed E-state index contributed by atoms with van der Waals surface area (Å²) in [5.74, 6) is 0.650. The normalized spacial score (nSPS) is 10.5. The molecule has 0 unspecified atom stereocenters. The third-order valence-corrected chi connectivity index (χ3v) is 4.07. The van der Waals surface area contributed by atoms with Crippen LogP contribution in [0.15, 0.2) is 36.5 Å². The lowest BCUT2D eigenvalue weighted by Gasteiger charge is -2.07.